The van der Waals surface area contributed by atoms with E-state index in [0.29, 0.717) is 24.9 Å². The molecule has 4 rings (SSSR count). The van der Waals surface area contributed by atoms with Gasteiger partial charge in [-0.1, -0.05) is 0 Å². The van der Waals surface area contributed by atoms with Gasteiger partial charge in [0.15, 0.2) is 0 Å². The summed E-state index contributed by atoms with van der Waals surface area (Å²) in [6.07, 6.45) is 2.59. The van der Waals surface area contributed by atoms with Gasteiger partial charge in [0, 0.05) is 24.9 Å². The van der Waals surface area contributed by atoms with Gasteiger partial charge in [0.2, 0.25) is 0 Å². The lowest BCUT2D eigenvalue weighted by molar-refractivity contribution is 0.0590. The smallest absolute Gasteiger partial charge is 0.335 e. The molecule has 1 aromatic carbocycles. The van der Waals surface area contributed by atoms with Gasteiger partial charge in [-0.05, 0) is 31.0 Å². The van der Waals surface area contributed by atoms with Gasteiger partial charge in [-0.2, -0.15) is 0 Å². The first-order chi connectivity index (χ1) is 10.5. The number of amides is 1. The summed E-state index contributed by atoms with van der Waals surface area (Å²) in [6.45, 7) is 1.20. The van der Waals surface area contributed by atoms with Crippen molar-refractivity contribution in [3.63, 3.8) is 0 Å². The Balaban J connectivity index is 1.54. The Hall–Kier alpha value is -1.95. The average Bonchev–Trinajstić information content (AvgIpc) is 3.18. The maximum atomic E-state index is 14.0. The number of likely N-dealkylation sites (tertiary alicyclic amines) is 1. The second-order valence-corrected chi connectivity index (χ2v) is 6.33. The lowest BCUT2D eigenvalue weighted by Crippen LogP contribution is -2.32. The first-order valence-corrected chi connectivity index (χ1v) is 7.52. The van der Waals surface area contributed by atoms with E-state index in [0.717, 1.165) is 18.9 Å². The van der Waals surface area contributed by atoms with Gasteiger partial charge in [0.25, 0.3) is 5.91 Å². The summed E-state index contributed by atoms with van der Waals surface area (Å²) in [5, 5.41) is 8.85. The van der Waals surface area contributed by atoms with Gasteiger partial charge in [-0.15, -0.1) is 0 Å². The van der Waals surface area contributed by atoms with Crippen molar-refractivity contribution in [2.45, 2.75) is 25.0 Å². The summed E-state index contributed by atoms with van der Waals surface area (Å²) in [6, 6.07) is 3.43. The number of halogens is 1. The number of nitrogens with zero attached hydrogens (tertiary/aromatic N) is 1. The van der Waals surface area contributed by atoms with Crippen molar-refractivity contribution in [3.8, 4) is 0 Å². The number of aromatic carboxylic acids is 1. The molecule has 0 aliphatic carbocycles. The third-order valence-electron chi connectivity index (χ3n) is 5.19. The van der Waals surface area contributed by atoms with Crippen LogP contribution in [-0.4, -0.2) is 47.2 Å². The molecule has 1 N–H and O–H groups in total. The number of carboxylic acids is 1. The number of benzene rings is 1. The molecule has 1 aromatic rings. The molecule has 3 fully saturated rings. The molecule has 4 unspecified atom stereocenters. The predicted molar refractivity (Wildman–Crippen MR) is 74.1 cm³/mol. The Morgan fingerprint density at radius 2 is 1.82 bits per heavy atom. The Morgan fingerprint density at radius 1 is 1.18 bits per heavy atom. The molecule has 116 valence electrons. The van der Waals surface area contributed by atoms with Gasteiger partial charge in [0.05, 0.1) is 23.3 Å². The topological polar surface area (TPSA) is 66.8 Å². The highest BCUT2D eigenvalue weighted by Crippen LogP contribution is 2.47. The summed E-state index contributed by atoms with van der Waals surface area (Å²) in [5.41, 5.74) is -0.211. The van der Waals surface area contributed by atoms with Crippen LogP contribution in [0, 0.1) is 17.7 Å². The summed E-state index contributed by atoms with van der Waals surface area (Å²) < 4.78 is 19.9. The number of carbonyl (C=O) groups is 2. The number of hydrogen-bond donors (Lipinski definition) is 1. The molecule has 6 heteroatoms. The Bertz CT molecular complexity index is 644. The van der Waals surface area contributed by atoms with Crippen LogP contribution in [0.4, 0.5) is 4.39 Å². The Kier molecular flexibility index (Phi) is 2.97. The molecule has 5 nitrogen and oxygen atoms in total. The molecule has 2 bridgehead atoms. The van der Waals surface area contributed by atoms with Crippen LogP contribution in [0.25, 0.3) is 0 Å². The standard InChI is InChI=1S/C16H16FNO4/c17-12-5-8(16(20)21)1-2-9(12)15(19)18-6-10-11(7-18)14-4-3-13(10)22-14/h1-2,5,10-11,13-14H,3-4,6-7H2,(H,20,21). The zero-order valence-electron chi connectivity index (χ0n) is 11.9. The van der Waals surface area contributed by atoms with Crippen molar-refractivity contribution in [1.29, 1.82) is 0 Å². The molecule has 3 saturated heterocycles. The molecule has 22 heavy (non-hydrogen) atoms. The number of hydrogen-bond acceptors (Lipinski definition) is 3. The highest BCUT2D eigenvalue weighted by atomic mass is 19.1. The van der Waals surface area contributed by atoms with Gasteiger partial charge < -0.3 is 14.7 Å². The quantitative estimate of drug-likeness (QED) is 0.904. The number of rotatable bonds is 2. The van der Waals surface area contributed by atoms with Gasteiger partial charge in [-0.25, -0.2) is 9.18 Å². The van der Waals surface area contributed by atoms with E-state index in [4.69, 9.17) is 9.84 Å². The fraction of sp³-hybridized carbons (Fsp3) is 0.500. The van der Waals surface area contributed by atoms with Crippen LogP contribution in [0.15, 0.2) is 18.2 Å². The minimum atomic E-state index is -1.21. The van der Waals surface area contributed by atoms with E-state index in [1.54, 1.807) is 4.90 Å². The molecular formula is C16H16FNO4. The molecule has 0 radical (unpaired) electrons. The van der Waals surface area contributed by atoms with Crippen molar-refractivity contribution in [2.75, 3.05) is 13.1 Å². The maximum absolute atomic E-state index is 14.0. The molecule has 3 aliphatic heterocycles. The summed E-state index contributed by atoms with van der Waals surface area (Å²) in [7, 11) is 0. The monoisotopic (exact) mass is 305 g/mol. The van der Waals surface area contributed by atoms with E-state index < -0.39 is 11.8 Å². The fourth-order valence-corrected chi connectivity index (χ4v) is 4.12. The second-order valence-electron chi connectivity index (χ2n) is 6.33. The highest BCUT2D eigenvalue weighted by Gasteiger charge is 2.53. The summed E-state index contributed by atoms with van der Waals surface area (Å²) in [4.78, 5) is 25.0. The molecule has 0 saturated carbocycles. The molecule has 0 spiro atoms. The summed E-state index contributed by atoms with van der Waals surface area (Å²) in [5.74, 6) is -1.61. The van der Waals surface area contributed by atoms with E-state index in [2.05, 4.69) is 0 Å². The highest BCUT2D eigenvalue weighted by molar-refractivity contribution is 5.96. The maximum Gasteiger partial charge on any atom is 0.335 e. The first kappa shape index (κ1) is 13.7. The minimum absolute atomic E-state index is 0.0572. The van der Waals surface area contributed by atoms with Crippen LogP contribution in [-0.2, 0) is 4.74 Å². The Morgan fingerprint density at radius 3 is 2.36 bits per heavy atom. The summed E-state index contributed by atoms with van der Waals surface area (Å²) >= 11 is 0. The van der Waals surface area contributed by atoms with E-state index >= 15 is 0 Å². The zero-order chi connectivity index (χ0) is 15.4. The van der Waals surface area contributed by atoms with Crippen LogP contribution >= 0.6 is 0 Å². The van der Waals surface area contributed by atoms with Gasteiger partial charge >= 0.3 is 5.97 Å². The molecule has 1 amide bonds. The van der Waals surface area contributed by atoms with Gasteiger partial charge in [0.1, 0.15) is 5.82 Å². The predicted octanol–water partition coefficient (Wildman–Crippen LogP) is 1.77. The molecule has 4 atom stereocenters. The van der Waals surface area contributed by atoms with Crippen molar-refractivity contribution in [3.05, 3.63) is 35.1 Å². The third kappa shape index (κ3) is 1.94. The van der Waals surface area contributed by atoms with Crippen LogP contribution < -0.4 is 0 Å². The molecule has 3 aliphatic rings. The second kappa shape index (κ2) is 4.78. The van der Waals surface area contributed by atoms with Crippen molar-refractivity contribution >= 4 is 11.9 Å². The lowest BCUT2D eigenvalue weighted by Gasteiger charge is -2.19. The van der Waals surface area contributed by atoms with E-state index in [-0.39, 0.29) is 29.2 Å². The number of fused-ring (bicyclic) bond motifs is 5. The van der Waals surface area contributed by atoms with Crippen molar-refractivity contribution < 1.29 is 23.8 Å². The zero-order valence-corrected chi connectivity index (χ0v) is 11.9. The van der Waals surface area contributed by atoms with E-state index in [1.165, 1.54) is 12.1 Å². The SMILES string of the molecule is O=C(O)c1ccc(C(=O)N2CC3C4CCC(O4)C3C2)c(F)c1. The van der Waals surface area contributed by atoms with Crippen LogP contribution in [0.1, 0.15) is 33.6 Å². The largest absolute Gasteiger partial charge is 0.478 e. The van der Waals surface area contributed by atoms with E-state index in [1.807, 2.05) is 0 Å². The minimum Gasteiger partial charge on any atom is -0.478 e. The Labute approximate surface area is 126 Å². The van der Waals surface area contributed by atoms with Crippen LogP contribution in [0.2, 0.25) is 0 Å². The molecular weight excluding hydrogens is 289 g/mol. The van der Waals surface area contributed by atoms with Gasteiger partial charge in [-0.3, -0.25) is 4.79 Å². The van der Waals surface area contributed by atoms with Crippen LogP contribution in [0.5, 0.6) is 0 Å². The third-order valence-corrected chi connectivity index (χ3v) is 5.19. The number of carbonyl (C=O) groups excluding carboxylic acids is 1. The van der Waals surface area contributed by atoms with Crippen molar-refractivity contribution in [1.82, 2.24) is 4.90 Å². The normalized spacial score (nSPS) is 32.3. The van der Waals surface area contributed by atoms with Crippen LogP contribution in [0.3, 0.4) is 0 Å². The lowest BCUT2D eigenvalue weighted by atomic mass is 9.82. The number of carboxylic acid groups (broad SMARTS) is 1. The van der Waals surface area contributed by atoms with E-state index in [9.17, 15) is 14.0 Å². The van der Waals surface area contributed by atoms with Crippen molar-refractivity contribution in [2.24, 2.45) is 11.8 Å². The first-order valence-electron chi connectivity index (χ1n) is 7.52. The average molecular weight is 305 g/mol. The molecule has 0 aromatic heterocycles. The molecule has 3 heterocycles. The number of ether oxygens (including phenoxy) is 1. The fourth-order valence-electron chi connectivity index (χ4n) is 4.12.